The number of amides is 1. The van der Waals surface area contributed by atoms with E-state index in [0.29, 0.717) is 6.54 Å². The third kappa shape index (κ3) is 1.40. The molecule has 0 atom stereocenters. The molecule has 0 saturated heterocycles. The molecule has 3 nitrogen and oxygen atoms in total. The standard InChI is InChI=1S/C11H14N2O/c1-3-12-13-7-9-5-4-8(2)6-10(9)11(13)14/h4-6,12H,3,7H2,1-2H3. The van der Waals surface area contributed by atoms with E-state index in [2.05, 4.69) is 5.43 Å². The van der Waals surface area contributed by atoms with Crippen LogP contribution in [0.5, 0.6) is 0 Å². The van der Waals surface area contributed by atoms with Gasteiger partial charge in [-0.15, -0.1) is 0 Å². The van der Waals surface area contributed by atoms with Crippen LogP contribution in [0.1, 0.15) is 28.4 Å². The number of rotatable bonds is 2. The first-order valence-electron chi connectivity index (χ1n) is 4.87. The number of benzene rings is 1. The van der Waals surface area contributed by atoms with Gasteiger partial charge in [0.05, 0.1) is 6.54 Å². The number of aryl methyl sites for hydroxylation is 1. The summed E-state index contributed by atoms with van der Waals surface area (Å²) in [4.78, 5) is 11.8. The normalized spacial score (nSPS) is 14.7. The second-order valence-corrected chi connectivity index (χ2v) is 3.56. The van der Waals surface area contributed by atoms with Gasteiger partial charge in [0.25, 0.3) is 5.91 Å². The highest BCUT2D eigenvalue weighted by Gasteiger charge is 2.26. The van der Waals surface area contributed by atoms with Crippen molar-refractivity contribution in [3.8, 4) is 0 Å². The lowest BCUT2D eigenvalue weighted by Gasteiger charge is -2.14. The van der Waals surface area contributed by atoms with Gasteiger partial charge in [-0.25, -0.2) is 5.43 Å². The first-order chi connectivity index (χ1) is 6.72. The molecule has 74 valence electrons. The zero-order valence-electron chi connectivity index (χ0n) is 8.50. The van der Waals surface area contributed by atoms with Crippen LogP contribution in [0.15, 0.2) is 18.2 Å². The molecule has 2 rings (SSSR count). The van der Waals surface area contributed by atoms with Crippen molar-refractivity contribution in [3.05, 3.63) is 34.9 Å². The first kappa shape index (κ1) is 9.21. The first-order valence-corrected chi connectivity index (χ1v) is 4.87. The van der Waals surface area contributed by atoms with Crippen LogP contribution in [0, 0.1) is 6.92 Å². The van der Waals surface area contributed by atoms with Gasteiger partial charge in [0.1, 0.15) is 0 Å². The van der Waals surface area contributed by atoms with Crippen molar-refractivity contribution in [2.45, 2.75) is 20.4 Å². The molecule has 0 aliphatic carbocycles. The molecule has 1 aliphatic heterocycles. The molecule has 0 spiro atoms. The van der Waals surface area contributed by atoms with E-state index in [1.165, 1.54) is 0 Å². The number of hydrogen-bond acceptors (Lipinski definition) is 2. The highest BCUT2D eigenvalue weighted by molar-refractivity contribution is 5.98. The minimum atomic E-state index is 0.0885. The van der Waals surface area contributed by atoms with Crippen LogP contribution in [0.3, 0.4) is 0 Å². The van der Waals surface area contributed by atoms with Gasteiger partial charge < -0.3 is 0 Å². The molecule has 0 radical (unpaired) electrons. The Balaban J connectivity index is 2.31. The second kappa shape index (κ2) is 3.42. The van der Waals surface area contributed by atoms with Gasteiger partial charge in [-0.2, -0.15) is 0 Å². The van der Waals surface area contributed by atoms with Gasteiger partial charge in [-0.05, 0) is 18.6 Å². The average Bonchev–Trinajstić information content (AvgIpc) is 2.46. The second-order valence-electron chi connectivity index (χ2n) is 3.56. The van der Waals surface area contributed by atoms with Crippen LogP contribution in [0.2, 0.25) is 0 Å². The fourth-order valence-electron chi connectivity index (χ4n) is 1.73. The number of nitrogens with one attached hydrogen (secondary N) is 1. The zero-order chi connectivity index (χ0) is 10.1. The van der Waals surface area contributed by atoms with Crippen molar-refractivity contribution in [2.75, 3.05) is 6.54 Å². The summed E-state index contributed by atoms with van der Waals surface area (Å²) in [6, 6.07) is 6.02. The fraction of sp³-hybridized carbons (Fsp3) is 0.364. The molecule has 1 aromatic rings. The van der Waals surface area contributed by atoms with Crippen molar-refractivity contribution < 1.29 is 4.79 Å². The number of hydrazine groups is 1. The van der Waals surface area contributed by atoms with Crippen molar-refractivity contribution in [2.24, 2.45) is 0 Å². The van der Waals surface area contributed by atoms with Crippen molar-refractivity contribution in [3.63, 3.8) is 0 Å². The SMILES string of the molecule is CCNN1Cc2ccc(C)cc2C1=O. The van der Waals surface area contributed by atoms with Crippen LogP contribution in [0.4, 0.5) is 0 Å². The maximum absolute atomic E-state index is 11.8. The van der Waals surface area contributed by atoms with E-state index >= 15 is 0 Å². The van der Waals surface area contributed by atoms with E-state index in [1.807, 2.05) is 32.0 Å². The summed E-state index contributed by atoms with van der Waals surface area (Å²) in [6.45, 7) is 5.45. The summed E-state index contributed by atoms with van der Waals surface area (Å²) < 4.78 is 0. The van der Waals surface area contributed by atoms with Gasteiger partial charge in [-0.1, -0.05) is 24.6 Å². The highest BCUT2D eigenvalue weighted by Crippen LogP contribution is 2.21. The number of hydrogen-bond donors (Lipinski definition) is 1. The van der Waals surface area contributed by atoms with E-state index in [0.717, 1.165) is 23.2 Å². The van der Waals surface area contributed by atoms with Crippen molar-refractivity contribution in [1.29, 1.82) is 0 Å². The Labute approximate surface area is 83.7 Å². The summed E-state index contributed by atoms with van der Waals surface area (Å²) in [5.74, 6) is 0.0885. The molecule has 0 saturated carbocycles. The predicted molar refractivity (Wildman–Crippen MR) is 54.7 cm³/mol. The van der Waals surface area contributed by atoms with Gasteiger partial charge >= 0.3 is 0 Å². The van der Waals surface area contributed by atoms with E-state index in [9.17, 15) is 4.79 Å². The molecule has 1 amide bonds. The van der Waals surface area contributed by atoms with E-state index < -0.39 is 0 Å². The molecular formula is C11H14N2O. The van der Waals surface area contributed by atoms with E-state index in [1.54, 1.807) is 5.01 Å². The molecule has 0 fully saturated rings. The average molecular weight is 190 g/mol. The van der Waals surface area contributed by atoms with Crippen LogP contribution in [-0.2, 0) is 6.54 Å². The minimum Gasteiger partial charge on any atom is -0.269 e. The van der Waals surface area contributed by atoms with Crippen LogP contribution in [-0.4, -0.2) is 17.5 Å². The summed E-state index contributed by atoms with van der Waals surface area (Å²) >= 11 is 0. The van der Waals surface area contributed by atoms with Crippen molar-refractivity contribution in [1.82, 2.24) is 10.4 Å². The van der Waals surface area contributed by atoms with Crippen LogP contribution >= 0.6 is 0 Å². The highest BCUT2D eigenvalue weighted by atomic mass is 16.2. The smallest absolute Gasteiger partial charge is 0.268 e. The summed E-state index contributed by atoms with van der Waals surface area (Å²) in [7, 11) is 0. The predicted octanol–water partition coefficient (Wildman–Crippen LogP) is 1.48. The monoisotopic (exact) mass is 190 g/mol. The lowest BCUT2D eigenvalue weighted by molar-refractivity contribution is 0.0689. The molecule has 0 bridgehead atoms. The molecule has 1 heterocycles. The Hall–Kier alpha value is -1.35. The van der Waals surface area contributed by atoms with Gasteiger partial charge in [0.2, 0.25) is 0 Å². The van der Waals surface area contributed by atoms with Crippen molar-refractivity contribution >= 4 is 5.91 Å². The summed E-state index contributed by atoms with van der Waals surface area (Å²) in [5.41, 5.74) is 6.13. The Kier molecular flexibility index (Phi) is 2.25. The Morgan fingerprint density at radius 1 is 1.50 bits per heavy atom. The topological polar surface area (TPSA) is 32.3 Å². The fourth-order valence-corrected chi connectivity index (χ4v) is 1.73. The van der Waals surface area contributed by atoms with E-state index in [-0.39, 0.29) is 5.91 Å². The largest absolute Gasteiger partial charge is 0.269 e. The quantitative estimate of drug-likeness (QED) is 0.766. The maximum atomic E-state index is 11.8. The Morgan fingerprint density at radius 3 is 3.00 bits per heavy atom. The number of nitrogens with zero attached hydrogens (tertiary/aromatic N) is 1. The van der Waals surface area contributed by atoms with Crippen LogP contribution < -0.4 is 5.43 Å². The molecule has 14 heavy (non-hydrogen) atoms. The molecule has 1 N–H and O–H groups in total. The zero-order valence-corrected chi connectivity index (χ0v) is 8.50. The number of carbonyl (C=O) groups is 1. The molecule has 1 aromatic carbocycles. The Bertz CT molecular complexity index is 374. The molecule has 0 aromatic heterocycles. The summed E-state index contributed by atoms with van der Waals surface area (Å²) in [5, 5.41) is 1.67. The molecular weight excluding hydrogens is 176 g/mol. The van der Waals surface area contributed by atoms with Gasteiger partial charge in [0, 0.05) is 12.1 Å². The third-order valence-electron chi connectivity index (χ3n) is 2.42. The third-order valence-corrected chi connectivity index (χ3v) is 2.42. The maximum Gasteiger partial charge on any atom is 0.268 e. The lowest BCUT2D eigenvalue weighted by atomic mass is 10.1. The van der Waals surface area contributed by atoms with Crippen LogP contribution in [0.25, 0.3) is 0 Å². The minimum absolute atomic E-state index is 0.0885. The lowest BCUT2D eigenvalue weighted by Crippen LogP contribution is -2.37. The summed E-state index contributed by atoms with van der Waals surface area (Å²) in [6.07, 6.45) is 0. The molecule has 3 heteroatoms. The Morgan fingerprint density at radius 2 is 2.29 bits per heavy atom. The van der Waals surface area contributed by atoms with E-state index in [4.69, 9.17) is 0 Å². The number of fused-ring (bicyclic) bond motifs is 1. The van der Waals surface area contributed by atoms with Gasteiger partial charge in [-0.3, -0.25) is 9.80 Å². The van der Waals surface area contributed by atoms with Gasteiger partial charge in [0.15, 0.2) is 0 Å². The number of carbonyl (C=O) groups excluding carboxylic acids is 1. The molecule has 0 unspecified atom stereocenters. The molecule has 1 aliphatic rings.